The third-order valence-electron chi connectivity index (χ3n) is 4.77. The molecule has 2 heterocycles. The summed E-state index contributed by atoms with van der Waals surface area (Å²) in [5.74, 6) is -1.25. The molecule has 4 rings (SSSR count). The van der Waals surface area contributed by atoms with Crippen LogP contribution >= 0.6 is 0 Å². The smallest absolute Gasteiger partial charge is 0.334 e. The highest BCUT2D eigenvalue weighted by molar-refractivity contribution is 6.45. The molecule has 1 aromatic rings. The summed E-state index contributed by atoms with van der Waals surface area (Å²) < 4.78 is 10.4. The minimum absolute atomic E-state index is 0.0843. The zero-order chi connectivity index (χ0) is 17.6. The normalized spacial score (nSPS) is 20.1. The van der Waals surface area contributed by atoms with Gasteiger partial charge in [0.2, 0.25) is 6.79 Å². The number of amides is 4. The van der Waals surface area contributed by atoms with Crippen molar-refractivity contribution in [2.75, 3.05) is 13.3 Å². The molecule has 1 saturated carbocycles. The topological polar surface area (TPSA) is 93.2 Å². The summed E-state index contributed by atoms with van der Waals surface area (Å²) in [7, 11) is 0. The van der Waals surface area contributed by atoms with E-state index in [1.807, 2.05) is 0 Å². The first-order chi connectivity index (χ1) is 12.1. The fourth-order valence-corrected chi connectivity index (χ4v) is 3.45. The fourth-order valence-electron chi connectivity index (χ4n) is 3.45. The van der Waals surface area contributed by atoms with E-state index >= 15 is 0 Å². The molecule has 0 atom stereocenters. The summed E-state index contributed by atoms with van der Waals surface area (Å²) in [6.07, 6.45) is 3.25. The molecule has 1 aromatic carbocycles. The van der Waals surface area contributed by atoms with Gasteiger partial charge in [-0.3, -0.25) is 19.3 Å². The Balaban J connectivity index is 1.51. The summed E-state index contributed by atoms with van der Waals surface area (Å²) in [4.78, 5) is 51.0. The van der Waals surface area contributed by atoms with E-state index in [0.717, 1.165) is 22.6 Å². The lowest BCUT2D eigenvalue weighted by molar-refractivity contribution is -0.143. The highest BCUT2D eigenvalue weighted by atomic mass is 16.7. The number of urea groups is 1. The van der Waals surface area contributed by atoms with Gasteiger partial charge >= 0.3 is 17.8 Å². The monoisotopic (exact) mass is 344 g/mol. The van der Waals surface area contributed by atoms with Crippen molar-refractivity contribution in [1.29, 1.82) is 0 Å². The Morgan fingerprint density at radius 3 is 2.52 bits per heavy atom. The molecule has 0 unspecified atom stereocenters. The average Bonchev–Trinajstić information content (AvgIpc) is 3.32. The van der Waals surface area contributed by atoms with Gasteiger partial charge in [-0.15, -0.1) is 0 Å². The molecule has 0 bridgehead atoms. The van der Waals surface area contributed by atoms with Gasteiger partial charge in [-0.2, -0.15) is 0 Å². The van der Waals surface area contributed by atoms with Crippen LogP contribution in [0.5, 0.6) is 11.5 Å². The number of nitrogens with zero attached hydrogens (tertiary/aromatic N) is 2. The summed E-state index contributed by atoms with van der Waals surface area (Å²) in [5.41, 5.74) is 0.289. The number of imide groups is 2. The molecule has 0 N–H and O–H groups in total. The lowest BCUT2D eigenvalue weighted by atomic mass is 10.1. The molecule has 0 radical (unpaired) electrons. The van der Waals surface area contributed by atoms with Crippen LogP contribution in [0.3, 0.4) is 0 Å². The Hall–Kier alpha value is -2.90. The van der Waals surface area contributed by atoms with Crippen LogP contribution in [0, 0.1) is 0 Å². The Bertz CT molecular complexity index is 783. The van der Waals surface area contributed by atoms with Crippen LogP contribution in [0.25, 0.3) is 0 Å². The molecular weight excluding hydrogens is 328 g/mol. The predicted molar refractivity (Wildman–Crippen MR) is 83.1 cm³/mol. The van der Waals surface area contributed by atoms with Crippen LogP contribution in [-0.4, -0.2) is 52.8 Å². The molecule has 0 spiro atoms. The van der Waals surface area contributed by atoms with Crippen molar-refractivity contribution in [1.82, 2.24) is 9.80 Å². The van der Waals surface area contributed by atoms with Gasteiger partial charge < -0.3 is 9.47 Å². The van der Waals surface area contributed by atoms with E-state index < -0.39 is 30.2 Å². The Morgan fingerprint density at radius 1 is 1.04 bits per heavy atom. The number of rotatable bonds is 4. The maximum atomic E-state index is 12.5. The highest BCUT2D eigenvalue weighted by Crippen LogP contribution is 2.33. The number of Topliss-reactive ketones (excluding diaryl/α,β-unsaturated/α-hetero) is 1. The van der Waals surface area contributed by atoms with E-state index in [4.69, 9.17) is 9.47 Å². The van der Waals surface area contributed by atoms with Gasteiger partial charge in [0, 0.05) is 11.6 Å². The van der Waals surface area contributed by atoms with E-state index in [0.29, 0.717) is 24.3 Å². The Kier molecular flexibility index (Phi) is 3.67. The lowest BCUT2D eigenvalue weighted by Crippen LogP contribution is -2.41. The highest BCUT2D eigenvalue weighted by Gasteiger charge is 2.48. The average molecular weight is 344 g/mol. The number of hydrogen-bond acceptors (Lipinski definition) is 6. The third-order valence-corrected chi connectivity index (χ3v) is 4.77. The van der Waals surface area contributed by atoms with E-state index in [-0.39, 0.29) is 18.4 Å². The molecule has 130 valence electrons. The molecule has 0 aromatic heterocycles. The number of ketones is 1. The number of fused-ring (bicyclic) bond motifs is 1. The number of carbonyl (C=O) groups is 4. The maximum Gasteiger partial charge on any atom is 0.334 e. The van der Waals surface area contributed by atoms with Gasteiger partial charge in [-0.25, -0.2) is 9.69 Å². The second-order valence-corrected chi connectivity index (χ2v) is 6.28. The third kappa shape index (κ3) is 2.54. The zero-order valence-electron chi connectivity index (χ0n) is 13.4. The first-order valence-corrected chi connectivity index (χ1v) is 8.18. The van der Waals surface area contributed by atoms with Crippen molar-refractivity contribution in [2.45, 2.75) is 31.7 Å². The van der Waals surface area contributed by atoms with Crippen LogP contribution in [0.4, 0.5) is 4.79 Å². The van der Waals surface area contributed by atoms with Gasteiger partial charge in [-0.1, -0.05) is 12.8 Å². The van der Waals surface area contributed by atoms with E-state index in [1.165, 1.54) is 12.1 Å². The largest absolute Gasteiger partial charge is 0.454 e. The van der Waals surface area contributed by atoms with Crippen molar-refractivity contribution in [3.63, 3.8) is 0 Å². The van der Waals surface area contributed by atoms with Crippen LogP contribution in [0.15, 0.2) is 18.2 Å². The van der Waals surface area contributed by atoms with Crippen molar-refractivity contribution in [2.24, 2.45) is 0 Å². The van der Waals surface area contributed by atoms with Crippen molar-refractivity contribution in [3.05, 3.63) is 23.8 Å². The number of carbonyl (C=O) groups excluding carboxylic acids is 4. The summed E-state index contributed by atoms with van der Waals surface area (Å²) in [6.45, 7) is -0.382. The van der Waals surface area contributed by atoms with Crippen LogP contribution in [0.1, 0.15) is 36.0 Å². The molecule has 4 amide bonds. The summed E-state index contributed by atoms with van der Waals surface area (Å²) in [5, 5.41) is 0. The number of benzene rings is 1. The van der Waals surface area contributed by atoms with Gasteiger partial charge in [0.25, 0.3) is 0 Å². The van der Waals surface area contributed by atoms with Crippen molar-refractivity contribution < 1.29 is 28.7 Å². The first-order valence-electron chi connectivity index (χ1n) is 8.18. The van der Waals surface area contributed by atoms with Gasteiger partial charge in [0.15, 0.2) is 17.3 Å². The molecule has 3 aliphatic rings. The minimum Gasteiger partial charge on any atom is -0.454 e. The molecule has 8 heteroatoms. The Morgan fingerprint density at radius 2 is 1.76 bits per heavy atom. The van der Waals surface area contributed by atoms with Crippen LogP contribution < -0.4 is 9.47 Å². The van der Waals surface area contributed by atoms with Crippen molar-refractivity contribution in [3.8, 4) is 11.5 Å². The van der Waals surface area contributed by atoms with E-state index in [1.54, 1.807) is 6.07 Å². The zero-order valence-corrected chi connectivity index (χ0v) is 13.4. The maximum absolute atomic E-state index is 12.5. The standard InChI is InChI=1S/C17H16N2O6/c20-12(10-5-6-13-14(7-10)25-9-24-13)8-18-15(21)16(22)19(17(18)23)11-3-1-2-4-11/h5-7,11H,1-4,8-9H2. The predicted octanol–water partition coefficient (Wildman–Crippen LogP) is 1.33. The minimum atomic E-state index is -0.939. The molecule has 2 fully saturated rings. The molecule has 2 aliphatic heterocycles. The second-order valence-electron chi connectivity index (χ2n) is 6.28. The number of hydrogen-bond donors (Lipinski definition) is 0. The van der Waals surface area contributed by atoms with Crippen LogP contribution in [0.2, 0.25) is 0 Å². The van der Waals surface area contributed by atoms with Gasteiger partial charge in [-0.05, 0) is 31.0 Å². The SMILES string of the molecule is O=C(CN1C(=O)C(=O)N(C2CCCC2)C1=O)c1ccc2c(c1)OCO2. The van der Waals surface area contributed by atoms with Crippen molar-refractivity contribution >= 4 is 23.6 Å². The fraction of sp³-hybridized carbons (Fsp3) is 0.412. The molecule has 25 heavy (non-hydrogen) atoms. The van der Waals surface area contributed by atoms with E-state index in [2.05, 4.69) is 0 Å². The summed E-state index contributed by atoms with van der Waals surface area (Å²) >= 11 is 0. The summed E-state index contributed by atoms with van der Waals surface area (Å²) in [6, 6.07) is 3.70. The molecular formula is C17H16N2O6. The molecule has 1 saturated heterocycles. The molecule has 8 nitrogen and oxygen atoms in total. The van der Waals surface area contributed by atoms with Gasteiger partial charge in [0.1, 0.15) is 0 Å². The Labute approximate surface area is 143 Å². The lowest BCUT2D eigenvalue weighted by Gasteiger charge is -2.20. The second kappa shape index (κ2) is 5.87. The first kappa shape index (κ1) is 15.6. The van der Waals surface area contributed by atoms with E-state index in [9.17, 15) is 19.2 Å². The van der Waals surface area contributed by atoms with Crippen LogP contribution in [-0.2, 0) is 9.59 Å². The molecule has 1 aliphatic carbocycles. The quantitative estimate of drug-likeness (QED) is 0.465. The number of ether oxygens (including phenoxy) is 2. The van der Waals surface area contributed by atoms with Gasteiger partial charge in [0.05, 0.1) is 6.54 Å².